The van der Waals surface area contributed by atoms with E-state index < -0.39 is 0 Å². The number of morpholine rings is 1. The smallest absolute Gasteiger partial charge is 0.255 e. The molecule has 0 spiro atoms. The molecule has 5 nitrogen and oxygen atoms in total. The first-order valence-corrected chi connectivity index (χ1v) is 9.64. The van der Waals surface area contributed by atoms with Crippen LogP contribution in [0.15, 0.2) is 42.5 Å². The summed E-state index contributed by atoms with van der Waals surface area (Å²) in [6.07, 6.45) is 0. The lowest BCUT2D eigenvalue weighted by molar-refractivity contribution is 0.0162. The third-order valence-electron chi connectivity index (χ3n) is 5.13. The molecule has 2 aromatic carbocycles. The van der Waals surface area contributed by atoms with Crippen molar-refractivity contribution in [2.45, 2.75) is 25.8 Å². The van der Waals surface area contributed by atoms with Gasteiger partial charge in [-0.15, -0.1) is 0 Å². The quantitative estimate of drug-likeness (QED) is 0.798. The van der Waals surface area contributed by atoms with Gasteiger partial charge < -0.3 is 15.2 Å². The van der Waals surface area contributed by atoms with E-state index >= 15 is 0 Å². The van der Waals surface area contributed by atoms with E-state index in [0.29, 0.717) is 19.8 Å². The fraction of sp³-hybridized carbons (Fsp3) is 0.409. The van der Waals surface area contributed by atoms with Crippen LogP contribution in [-0.4, -0.2) is 48.8 Å². The molecule has 0 radical (unpaired) electrons. The first-order chi connectivity index (χ1) is 13.5. The standard InChI is InChI=1S/C22H27FN2O3/c1-15(2)17-5-8-21(26)19(13-17)22(27)24-14-20(25-9-11-28-12-10-25)16-3-6-18(23)7-4-16/h3-8,13,15,20,26H,9-12,14H2,1-2H3,(H,24,27). The minimum atomic E-state index is -0.319. The zero-order valence-electron chi connectivity index (χ0n) is 16.3. The topological polar surface area (TPSA) is 61.8 Å². The average molecular weight is 386 g/mol. The van der Waals surface area contributed by atoms with Crippen LogP contribution in [0.3, 0.4) is 0 Å². The van der Waals surface area contributed by atoms with E-state index in [1.54, 1.807) is 24.3 Å². The highest BCUT2D eigenvalue weighted by atomic mass is 19.1. The van der Waals surface area contributed by atoms with E-state index in [0.717, 1.165) is 24.2 Å². The molecule has 1 unspecified atom stereocenters. The first kappa shape index (κ1) is 20.3. The van der Waals surface area contributed by atoms with Crippen molar-refractivity contribution in [1.29, 1.82) is 0 Å². The molecule has 2 aromatic rings. The van der Waals surface area contributed by atoms with Gasteiger partial charge in [0, 0.05) is 19.6 Å². The van der Waals surface area contributed by atoms with Gasteiger partial charge in [0.25, 0.3) is 5.91 Å². The van der Waals surface area contributed by atoms with Gasteiger partial charge in [0.1, 0.15) is 11.6 Å². The maximum Gasteiger partial charge on any atom is 0.255 e. The Morgan fingerprint density at radius 2 is 1.79 bits per heavy atom. The normalized spacial score (nSPS) is 16.1. The molecule has 1 amide bonds. The van der Waals surface area contributed by atoms with Crippen LogP contribution >= 0.6 is 0 Å². The van der Waals surface area contributed by atoms with Crippen LogP contribution < -0.4 is 5.32 Å². The van der Waals surface area contributed by atoms with Crippen LogP contribution in [0.4, 0.5) is 4.39 Å². The van der Waals surface area contributed by atoms with Crippen molar-refractivity contribution >= 4 is 5.91 Å². The number of amides is 1. The summed E-state index contributed by atoms with van der Waals surface area (Å²) in [7, 11) is 0. The Morgan fingerprint density at radius 3 is 2.43 bits per heavy atom. The summed E-state index contributed by atoms with van der Waals surface area (Å²) < 4.78 is 18.8. The predicted octanol–water partition coefficient (Wildman–Crippen LogP) is 3.46. The zero-order chi connectivity index (χ0) is 20.1. The van der Waals surface area contributed by atoms with Crippen LogP contribution in [0, 0.1) is 5.82 Å². The molecular weight excluding hydrogens is 359 g/mol. The number of hydrogen-bond donors (Lipinski definition) is 2. The molecule has 1 aliphatic heterocycles. The number of rotatable bonds is 6. The lowest BCUT2D eigenvalue weighted by atomic mass is 9.99. The Kier molecular flexibility index (Phi) is 6.65. The second-order valence-electron chi connectivity index (χ2n) is 7.36. The lowest BCUT2D eigenvalue weighted by Crippen LogP contribution is -2.43. The number of phenols is 1. The van der Waals surface area contributed by atoms with E-state index in [4.69, 9.17) is 4.74 Å². The zero-order valence-corrected chi connectivity index (χ0v) is 16.3. The van der Waals surface area contributed by atoms with Crippen molar-refractivity contribution in [1.82, 2.24) is 10.2 Å². The maximum atomic E-state index is 13.3. The fourth-order valence-electron chi connectivity index (χ4n) is 3.41. The van der Waals surface area contributed by atoms with E-state index in [1.807, 2.05) is 19.9 Å². The highest BCUT2D eigenvalue weighted by Gasteiger charge is 2.24. The third-order valence-corrected chi connectivity index (χ3v) is 5.13. The highest BCUT2D eigenvalue weighted by molar-refractivity contribution is 5.97. The number of nitrogens with zero attached hydrogens (tertiary/aromatic N) is 1. The molecule has 0 saturated carbocycles. The molecule has 150 valence electrons. The number of carbonyl (C=O) groups excluding carboxylic acids is 1. The van der Waals surface area contributed by atoms with Crippen LogP contribution in [0.1, 0.15) is 47.3 Å². The molecule has 0 aromatic heterocycles. The fourth-order valence-corrected chi connectivity index (χ4v) is 3.41. The summed E-state index contributed by atoms with van der Waals surface area (Å²) >= 11 is 0. The summed E-state index contributed by atoms with van der Waals surface area (Å²) in [5.74, 6) is -0.386. The minimum Gasteiger partial charge on any atom is -0.507 e. The Morgan fingerprint density at radius 1 is 1.14 bits per heavy atom. The minimum absolute atomic E-state index is 0.0356. The summed E-state index contributed by atoms with van der Waals surface area (Å²) in [6, 6.07) is 11.4. The second-order valence-corrected chi connectivity index (χ2v) is 7.36. The number of aromatic hydroxyl groups is 1. The van der Waals surface area contributed by atoms with Gasteiger partial charge >= 0.3 is 0 Å². The number of carbonyl (C=O) groups is 1. The predicted molar refractivity (Wildman–Crippen MR) is 106 cm³/mol. The number of nitrogens with one attached hydrogen (secondary N) is 1. The molecule has 1 saturated heterocycles. The van der Waals surface area contributed by atoms with E-state index in [-0.39, 0.29) is 35.0 Å². The summed E-state index contributed by atoms with van der Waals surface area (Å²) in [5.41, 5.74) is 2.20. The van der Waals surface area contributed by atoms with Crippen LogP contribution in [0.5, 0.6) is 5.75 Å². The maximum absolute atomic E-state index is 13.3. The molecule has 0 bridgehead atoms. The molecule has 1 heterocycles. The molecule has 28 heavy (non-hydrogen) atoms. The molecule has 1 fully saturated rings. The molecule has 6 heteroatoms. The Bertz CT molecular complexity index is 802. The molecule has 3 rings (SSSR count). The Labute approximate surface area is 165 Å². The number of benzene rings is 2. The number of hydrogen-bond acceptors (Lipinski definition) is 4. The van der Waals surface area contributed by atoms with Crippen LogP contribution in [0.2, 0.25) is 0 Å². The van der Waals surface area contributed by atoms with Gasteiger partial charge in [-0.1, -0.05) is 32.0 Å². The largest absolute Gasteiger partial charge is 0.507 e. The van der Waals surface area contributed by atoms with Crippen molar-refractivity contribution in [2.24, 2.45) is 0 Å². The molecule has 1 aliphatic rings. The van der Waals surface area contributed by atoms with Gasteiger partial charge in [0.2, 0.25) is 0 Å². The number of halogens is 1. The second kappa shape index (κ2) is 9.17. The molecule has 1 atom stereocenters. The molecular formula is C22H27FN2O3. The molecule has 2 N–H and O–H groups in total. The van der Waals surface area contributed by atoms with Gasteiger partial charge in [0.15, 0.2) is 0 Å². The monoisotopic (exact) mass is 386 g/mol. The van der Waals surface area contributed by atoms with Crippen molar-refractivity contribution in [3.63, 3.8) is 0 Å². The van der Waals surface area contributed by atoms with Crippen molar-refractivity contribution in [2.75, 3.05) is 32.8 Å². The lowest BCUT2D eigenvalue weighted by Gasteiger charge is -2.35. The first-order valence-electron chi connectivity index (χ1n) is 9.64. The van der Waals surface area contributed by atoms with E-state index in [1.165, 1.54) is 12.1 Å². The van der Waals surface area contributed by atoms with Gasteiger partial charge in [0.05, 0.1) is 24.8 Å². The number of phenolic OH excluding ortho intramolecular Hbond substituents is 1. The van der Waals surface area contributed by atoms with Crippen molar-refractivity contribution in [3.8, 4) is 5.75 Å². The van der Waals surface area contributed by atoms with E-state index in [9.17, 15) is 14.3 Å². The van der Waals surface area contributed by atoms with Crippen LogP contribution in [-0.2, 0) is 4.74 Å². The summed E-state index contributed by atoms with van der Waals surface area (Å²) in [6.45, 7) is 7.17. The highest BCUT2D eigenvalue weighted by Crippen LogP contribution is 2.25. The Hall–Kier alpha value is -2.44. The summed E-state index contributed by atoms with van der Waals surface area (Å²) in [5, 5.41) is 13.1. The van der Waals surface area contributed by atoms with Gasteiger partial charge in [-0.3, -0.25) is 9.69 Å². The third kappa shape index (κ3) is 4.88. The molecule has 0 aliphatic carbocycles. The van der Waals surface area contributed by atoms with E-state index in [2.05, 4.69) is 10.2 Å². The summed E-state index contributed by atoms with van der Waals surface area (Å²) in [4.78, 5) is 15.0. The Balaban J connectivity index is 1.76. The number of ether oxygens (including phenoxy) is 1. The van der Waals surface area contributed by atoms with Crippen molar-refractivity contribution < 1.29 is 19.0 Å². The van der Waals surface area contributed by atoms with Crippen LogP contribution in [0.25, 0.3) is 0 Å². The van der Waals surface area contributed by atoms with Gasteiger partial charge in [-0.05, 0) is 41.3 Å². The average Bonchev–Trinajstić information content (AvgIpc) is 2.70. The SMILES string of the molecule is CC(C)c1ccc(O)c(C(=O)NCC(c2ccc(F)cc2)N2CCOCC2)c1. The van der Waals surface area contributed by atoms with Gasteiger partial charge in [-0.25, -0.2) is 4.39 Å². The van der Waals surface area contributed by atoms with Crippen molar-refractivity contribution in [3.05, 3.63) is 65.0 Å². The van der Waals surface area contributed by atoms with Gasteiger partial charge in [-0.2, -0.15) is 0 Å².